The van der Waals surface area contributed by atoms with Crippen LogP contribution in [0.2, 0.25) is 10.0 Å². The first-order valence-electron chi connectivity index (χ1n) is 7.30. The number of carbonyl (C=O) groups excluding carboxylic acids is 1. The Kier molecular flexibility index (Phi) is 6.36. The van der Waals surface area contributed by atoms with E-state index in [2.05, 4.69) is 15.5 Å². The van der Waals surface area contributed by atoms with Crippen LogP contribution in [-0.2, 0) is 4.79 Å². The monoisotopic (exact) mass is 363 g/mol. The first-order chi connectivity index (χ1) is 10.1. The highest BCUT2D eigenvalue weighted by Crippen LogP contribution is 2.30. The predicted molar refractivity (Wildman–Crippen MR) is 93.2 cm³/mol. The van der Waals surface area contributed by atoms with Gasteiger partial charge in [0.05, 0.1) is 22.3 Å². The Labute approximate surface area is 146 Å². The minimum atomic E-state index is -0.0607. The van der Waals surface area contributed by atoms with E-state index in [-0.39, 0.29) is 18.3 Å². The van der Waals surface area contributed by atoms with E-state index in [4.69, 9.17) is 23.2 Å². The number of rotatable bonds is 3. The number of anilines is 1. The molecule has 2 unspecified atom stereocenters. The summed E-state index contributed by atoms with van der Waals surface area (Å²) >= 11 is 12.1. The van der Waals surface area contributed by atoms with Crippen LogP contribution in [0.1, 0.15) is 6.42 Å². The maximum Gasteiger partial charge on any atom is 0.238 e. The van der Waals surface area contributed by atoms with Gasteiger partial charge in [0.2, 0.25) is 5.91 Å². The lowest BCUT2D eigenvalue weighted by Gasteiger charge is -2.33. The fourth-order valence-corrected chi connectivity index (χ4v) is 3.74. The van der Waals surface area contributed by atoms with Crippen LogP contribution in [0.25, 0.3) is 0 Å². The first kappa shape index (κ1) is 17.8. The molecule has 1 amide bonds. The third kappa shape index (κ3) is 4.06. The molecule has 7 heteroatoms. The second-order valence-corrected chi connectivity index (χ2v) is 6.66. The quantitative estimate of drug-likeness (QED) is 0.867. The average Bonchev–Trinajstić information content (AvgIpc) is 2.90. The number of nitrogens with one attached hydrogen (secondary N) is 2. The van der Waals surface area contributed by atoms with E-state index < -0.39 is 0 Å². The van der Waals surface area contributed by atoms with Gasteiger partial charge in [-0.05, 0) is 50.0 Å². The number of para-hydroxylation sites is 1. The number of nitrogens with zero attached hydrogens (tertiary/aromatic N) is 1. The second-order valence-electron chi connectivity index (χ2n) is 5.85. The van der Waals surface area contributed by atoms with Crippen LogP contribution >= 0.6 is 35.6 Å². The topological polar surface area (TPSA) is 44.4 Å². The number of benzene rings is 1. The molecule has 0 radical (unpaired) electrons. The predicted octanol–water partition coefficient (Wildman–Crippen LogP) is 2.90. The summed E-state index contributed by atoms with van der Waals surface area (Å²) in [5, 5.41) is 7.19. The van der Waals surface area contributed by atoms with E-state index in [0.29, 0.717) is 28.2 Å². The van der Waals surface area contributed by atoms with Gasteiger partial charge in [0.1, 0.15) is 0 Å². The van der Waals surface area contributed by atoms with E-state index in [1.165, 1.54) is 0 Å². The van der Waals surface area contributed by atoms with Crippen molar-refractivity contribution in [2.75, 3.05) is 38.0 Å². The van der Waals surface area contributed by atoms with Gasteiger partial charge in [-0.1, -0.05) is 29.3 Å². The molecule has 2 fully saturated rings. The Hall–Kier alpha value is -0.520. The molecule has 0 aliphatic carbocycles. The molecule has 1 aromatic carbocycles. The third-order valence-electron chi connectivity index (χ3n) is 4.38. The van der Waals surface area contributed by atoms with Gasteiger partial charge in [-0.25, -0.2) is 0 Å². The number of amides is 1. The van der Waals surface area contributed by atoms with Crippen molar-refractivity contribution >= 4 is 47.2 Å². The van der Waals surface area contributed by atoms with Crippen molar-refractivity contribution in [3.05, 3.63) is 28.2 Å². The van der Waals surface area contributed by atoms with E-state index in [1.807, 2.05) is 0 Å². The highest BCUT2D eigenvalue weighted by Gasteiger charge is 2.33. The lowest BCUT2D eigenvalue weighted by molar-refractivity contribution is -0.117. The maximum absolute atomic E-state index is 12.2. The highest BCUT2D eigenvalue weighted by atomic mass is 35.5. The summed E-state index contributed by atoms with van der Waals surface area (Å²) in [6.45, 7) is 4.55. The normalized spacial score (nSPS) is 24.5. The third-order valence-corrected chi connectivity index (χ3v) is 5.01. The molecule has 0 saturated carbocycles. The molecule has 122 valence electrons. The van der Waals surface area contributed by atoms with Crippen LogP contribution in [0.3, 0.4) is 0 Å². The smallest absolute Gasteiger partial charge is 0.238 e. The number of hydrogen-bond donors (Lipinski definition) is 2. The van der Waals surface area contributed by atoms with Crippen molar-refractivity contribution in [3.63, 3.8) is 0 Å². The van der Waals surface area contributed by atoms with Crippen LogP contribution in [0, 0.1) is 11.8 Å². The molecule has 2 atom stereocenters. The van der Waals surface area contributed by atoms with Crippen molar-refractivity contribution in [2.24, 2.45) is 11.8 Å². The number of piperidine rings is 1. The van der Waals surface area contributed by atoms with Crippen LogP contribution in [0.15, 0.2) is 18.2 Å². The molecule has 0 bridgehead atoms. The highest BCUT2D eigenvalue weighted by molar-refractivity contribution is 6.39. The zero-order valence-electron chi connectivity index (χ0n) is 12.1. The zero-order valence-corrected chi connectivity index (χ0v) is 14.5. The number of carbonyl (C=O) groups is 1. The summed E-state index contributed by atoms with van der Waals surface area (Å²) in [6.07, 6.45) is 1.16. The number of hydrogen-bond acceptors (Lipinski definition) is 3. The van der Waals surface area contributed by atoms with Crippen molar-refractivity contribution < 1.29 is 4.79 Å². The van der Waals surface area contributed by atoms with E-state index in [1.54, 1.807) is 18.2 Å². The molecule has 2 heterocycles. The number of likely N-dealkylation sites (tertiary alicyclic amines) is 1. The molecule has 4 nitrogen and oxygen atoms in total. The molecule has 2 saturated heterocycles. The van der Waals surface area contributed by atoms with Gasteiger partial charge in [0.15, 0.2) is 0 Å². The fourth-order valence-electron chi connectivity index (χ4n) is 3.25. The van der Waals surface area contributed by atoms with Gasteiger partial charge in [0, 0.05) is 6.54 Å². The molecule has 2 aliphatic heterocycles. The molecule has 0 spiro atoms. The summed E-state index contributed by atoms with van der Waals surface area (Å²) in [5.41, 5.74) is 0.503. The molecule has 3 rings (SSSR count). The van der Waals surface area contributed by atoms with Crippen molar-refractivity contribution in [3.8, 4) is 0 Å². The van der Waals surface area contributed by atoms with E-state index >= 15 is 0 Å². The summed E-state index contributed by atoms with van der Waals surface area (Å²) in [5.74, 6) is 1.40. The Morgan fingerprint density at radius 3 is 2.68 bits per heavy atom. The van der Waals surface area contributed by atoms with Crippen molar-refractivity contribution in [1.82, 2.24) is 10.2 Å². The van der Waals surface area contributed by atoms with Crippen LogP contribution in [-0.4, -0.2) is 43.5 Å². The van der Waals surface area contributed by atoms with Gasteiger partial charge in [-0.15, -0.1) is 12.4 Å². The summed E-state index contributed by atoms with van der Waals surface area (Å²) in [7, 11) is 0. The van der Waals surface area contributed by atoms with Gasteiger partial charge in [0.25, 0.3) is 0 Å². The molecular formula is C15H20Cl3N3O. The molecule has 0 aromatic heterocycles. The van der Waals surface area contributed by atoms with Gasteiger partial charge < -0.3 is 10.6 Å². The number of halogens is 3. The van der Waals surface area contributed by atoms with E-state index in [9.17, 15) is 4.79 Å². The van der Waals surface area contributed by atoms with Crippen LogP contribution in [0.5, 0.6) is 0 Å². The lowest BCUT2D eigenvalue weighted by atomic mass is 9.89. The maximum atomic E-state index is 12.2. The fraction of sp³-hybridized carbons (Fsp3) is 0.533. The van der Waals surface area contributed by atoms with E-state index in [0.717, 1.165) is 38.5 Å². The first-order valence-corrected chi connectivity index (χ1v) is 8.06. The van der Waals surface area contributed by atoms with Gasteiger partial charge >= 0.3 is 0 Å². The SMILES string of the molecule is Cl.O=C(CN1CCC2CNCC2C1)Nc1c(Cl)cccc1Cl. The molecule has 2 aliphatic rings. The Bertz CT molecular complexity index is 521. The van der Waals surface area contributed by atoms with Gasteiger partial charge in [-0.2, -0.15) is 0 Å². The van der Waals surface area contributed by atoms with Crippen LogP contribution < -0.4 is 10.6 Å². The largest absolute Gasteiger partial charge is 0.322 e. The number of fused-ring (bicyclic) bond motifs is 1. The molecule has 22 heavy (non-hydrogen) atoms. The Balaban J connectivity index is 0.00000176. The van der Waals surface area contributed by atoms with Gasteiger partial charge in [-0.3, -0.25) is 9.69 Å². The summed E-state index contributed by atoms with van der Waals surface area (Å²) < 4.78 is 0. The van der Waals surface area contributed by atoms with Crippen molar-refractivity contribution in [1.29, 1.82) is 0 Å². The second kappa shape index (κ2) is 7.84. The summed E-state index contributed by atoms with van der Waals surface area (Å²) in [6, 6.07) is 5.20. The molecular weight excluding hydrogens is 345 g/mol. The molecule has 1 aromatic rings. The minimum Gasteiger partial charge on any atom is -0.322 e. The minimum absolute atomic E-state index is 0. The summed E-state index contributed by atoms with van der Waals surface area (Å²) in [4.78, 5) is 14.4. The standard InChI is InChI=1S/C15H19Cl2N3O.ClH/c16-12-2-1-3-13(17)15(12)19-14(21)9-20-5-4-10-6-18-7-11(10)8-20;/h1-3,10-11,18H,4-9H2,(H,19,21);1H. The Morgan fingerprint density at radius 2 is 1.95 bits per heavy atom. The van der Waals surface area contributed by atoms with Crippen molar-refractivity contribution in [2.45, 2.75) is 6.42 Å². The zero-order chi connectivity index (χ0) is 14.8. The average molecular weight is 365 g/mol. The molecule has 2 N–H and O–H groups in total. The Morgan fingerprint density at radius 1 is 1.27 bits per heavy atom. The van der Waals surface area contributed by atoms with Crippen LogP contribution in [0.4, 0.5) is 5.69 Å². The lowest BCUT2D eigenvalue weighted by Crippen LogP contribution is -2.43.